The standard InChI is InChI=1S/C22H14F4O/c23-21-17(7-4-8-19(21)16-5-2-1-3-6-16)10-11-18-13-15(14-27)9-12-20(18)22(24,25)26/h1-14H/b11-10+. The highest BCUT2D eigenvalue weighted by atomic mass is 19.4. The van der Waals surface area contributed by atoms with Gasteiger partial charge in [0.25, 0.3) is 0 Å². The molecular weight excluding hydrogens is 356 g/mol. The summed E-state index contributed by atoms with van der Waals surface area (Å²) in [5, 5.41) is 0. The summed E-state index contributed by atoms with van der Waals surface area (Å²) in [7, 11) is 0. The highest BCUT2D eigenvalue weighted by Crippen LogP contribution is 2.33. The Bertz CT molecular complexity index is 989. The van der Waals surface area contributed by atoms with Crippen LogP contribution >= 0.6 is 0 Å². The summed E-state index contributed by atoms with van der Waals surface area (Å²) < 4.78 is 54.3. The molecule has 136 valence electrons. The molecule has 0 aliphatic heterocycles. The number of rotatable bonds is 4. The van der Waals surface area contributed by atoms with Crippen LogP contribution in [0, 0.1) is 5.82 Å². The molecule has 0 bridgehead atoms. The van der Waals surface area contributed by atoms with Crippen LogP contribution in [0.3, 0.4) is 0 Å². The molecule has 0 saturated heterocycles. The van der Waals surface area contributed by atoms with Crippen molar-refractivity contribution in [3.8, 4) is 11.1 Å². The third kappa shape index (κ3) is 4.14. The van der Waals surface area contributed by atoms with Crippen molar-refractivity contribution in [1.29, 1.82) is 0 Å². The minimum Gasteiger partial charge on any atom is -0.298 e. The van der Waals surface area contributed by atoms with Gasteiger partial charge in [0.05, 0.1) is 5.56 Å². The molecule has 0 spiro atoms. The summed E-state index contributed by atoms with van der Waals surface area (Å²) in [5.74, 6) is -0.528. The molecule has 5 heteroatoms. The van der Waals surface area contributed by atoms with Crippen molar-refractivity contribution in [2.45, 2.75) is 6.18 Å². The first-order valence-corrected chi connectivity index (χ1v) is 8.08. The summed E-state index contributed by atoms with van der Waals surface area (Å²) >= 11 is 0. The maximum atomic E-state index is 14.8. The van der Waals surface area contributed by atoms with E-state index in [2.05, 4.69) is 0 Å². The molecule has 0 aliphatic carbocycles. The number of alkyl halides is 3. The van der Waals surface area contributed by atoms with Gasteiger partial charge in [-0.15, -0.1) is 0 Å². The molecule has 1 nitrogen and oxygen atoms in total. The predicted octanol–water partition coefficient (Wildman–Crippen LogP) is 6.49. The fraction of sp³-hybridized carbons (Fsp3) is 0.0455. The molecule has 0 unspecified atom stereocenters. The lowest BCUT2D eigenvalue weighted by Crippen LogP contribution is -2.07. The van der Waals surface area contributed by atoms with Gasteiger partial charge in [-0.1, -0.05) is 66.7 Å². The molecule has 0 aliphatic rings. The number of aldehydes is 1. The second-order valence-corrected chi connectivity index (χ2v) is 5.87. The number of benzene rings is 3. The van der Waals surface area contributed by atoms with Gasteiger partial charge >= 0.3 is 6.18 Å². The van der Waals surface area contributed by atoms with E-state index in [0.29, 0.717) is 17.4 Å². The van der Waals surface area contributed by atoms with Gasteiger partial charge < -0.3 is 0 Å². The van der Waals surface area contributed by atoms with Crippen molar-refractivity contribution in [2.24, 2.45) is 0 Å². The van der Waals surface area contributed by atoms with E-state index in [0.717, 1.165) is 18.2 Å². The van der Waals surface area contributed by atoms with E-state index in [4.69, 9.17) is 0 Å². The van der Waals surface area contributed by atoms with Gasteiger partial charge in [0.1, 0.15) is 12.1 Å². The molecule has 0 heterocycles. The SMILES string of the molecule is O=Cc1ccc(C(F)(F)F)c(/C=C/c2cccc(-c3ccccc3)c2F)c1. The molecule has 0 saturated carbocycles. The van der Waals surface area contributed by atoms with Gasteiger partial charge in [0.15, 0.2) is 0 Å². The van der Waals surface area contributed by atoms with Gasteiger partial charge in [-0.25, -0.2) is 4.39 Å². The van der Waals surface area contributed by atoms with Crippen molar-refractivity contribution in [1.82, 2.24) is 0 Å². The highest BCUT2D eigenvalue weighted by Gasteiger charge is 2.32. The highest BCUT2D eigenvalue weighted by molar-refractivity contribution is 5.80. The molecule has 0 aromatic heterocycles. The average molecular weight is 370 g/mol. The van der Waals surface area contributed by atoms with E-state index < -0.39 is 17.6 Å². The normalized spacial score (nSPS) is 11.7. The van der Waals surface area contributed by atoms with Crippen molar-refractivity contribution in [3.63, 3.8) is 0 Å². The Morgan fingerprint density at radius 1 is 0.778 bits per heavy atom. The van der Waals surface area contributed by atoms with E-state index in [1.807, 2.05) is 6.07 Å². The smallest absolute Gasteiger partial charge is 0.298 e. The zero-order valence-electron chi connectivity index (χ0n) is 14.0. The molecule has 0 radical (unpaired) electrons. The number of hydrogen-bond acceptors (Lipinski definition) is 1. The molecule has 3 aromatic rings. The molecule has 0 atom stereocenters. The largest absolute Gasteiger partial charge is 0.416 e. The fourth-order valence-electron chi connectivity index (χ4n) is 2.75. The summed E-state index contributed by atoms with van der Waals surface area (Å²) in [5.41, 5.74) is 0.211. The van der Waals surface area contributed by atoms with Crippen molar-refractivity contribution >= 4 is 18.4 Å². The first kappa shape index (κ1) is 18.6. The summed E-state index contributed by atoms with van der Waals surface area (Å²) in [6, 6.07) is 16.7. The zero-order valence-corrected chi connectivity index (χ0v) is 14.0. The Morgan fingerprint density at radius 2 is 1.48 bits per heavy atom. The third-order valence-electron chi connectivity index (χ3n) is 4.07. The van der Waals surface area contributed by atoms with Gasteiger partial charge in [0.2, 0.25) is 0 Å². The molecule has 0 N–H and O–H groups in total. The Balaban J connectivity index is 2.04. The van der Waals surface area contributed by atoms with Crippen LogP contribution in [-0.2, 0) is 6.18 Å². The van der Waals surface area contributed by atoms with Gasteiger partial charge in [0, 0.05) is 16.7 Å². The average Bonchev–Trinajstić information content (AvgIpc) is 2.67. The molecule has 3 rings (SSSR count). The third-order valence-corrected chi connectivity index (χ3v) is 4.07. The van der Waals surface area contributed by atoms with Crippen LogP contribution in [0.5, 0.6) is 0 Å². The van der Waals surface area contributed by atoms with E-state index in [1.54, 1.807) is 36.4 Å². The molecular formula is C22H14F4O. The second-order valence-electron chi connectivity index (χ2n) is 5.87. The van der Waals surface area contributed by atoms with Gasteiger partial charge in [-0.3, -0.25) is 4.79 Å². The predicted molar refractivity (Wildman–Crippen MR) is 97.6 cm³/mol. The molecule has 3 aromatic carbocycles. The number of carbonyl (C=O) groups is 1. The maximum Gasteiger partial charge on any atom is 0.416 e. The van der Waals surface area contributed by atoms with Crippen LogP contribution in [-0.4, -0.2) is 6.29 Å². The first-order chi connectivity index (χ1) is 12.9. The Hall–Kier alpha value is -3.21. The zero-order chi connectivity index (χ0) is 19.4. The second kappa shape index (κ2) is 7.58. The monoisotopic (exact) mass is 370 g/mol. The van der Waals surface area contributed by atoms with Gasteiger partial charge in [-0.2, -0.15) is 13.2 Å². The van der Waals surface area contributed by atoms with Crippen LogP contribution in [0.1, 0.15) is 27.0 Å². The number of hydrogen-bond donors (Lipinski definition) is 0. The van der Waals surface area contributed by atoms with Crippen molar-refractivity contribution in [3.05, 3.63) is 94.8 Å². The van der Waals surface area contributed by atoms with Crippen LogP contribution in [0.15, 0.2) is 66.7 Å². The molecule has 0 amide bonds. The number of halogens is 4. The van der Waals surface area contributed by atoms with Crippen molar-refractivity contribution < 1.29 is 22.4 Å². The van der Waals surface area contributed by atoms with Crippen molar-refractivity contribution in [2.75, 3.05) is 0 Å². The van der Waals surface area contributed by atoms with E-state index in [9.17, 15) is 22.4 Å². The van der Waals surface area contributed by atoms with E-state index in [-0.39, 0.29) is 16.7 Å². The van der Waals surface area contributed by atoms with Gasteiger partial charge in [-0.05, 0) is 23.3 Å². The number of carbonyl (C=O) groups excluding carboxylic acids is 1. The Labute approximate surface area is 153 Å². The fourth-order valence-corrected chi connectivity index (χ4v) is 2.75. The molecule has 27 heavy (non-hydrogen) atoms. The van der Waals surface area contributed by atoms with Crippen LogP contribution in [0.2, 0.25) is 0 Å². The minimum absolute atomic E-state index is 0.112. The summed E-state index contributed by atoms with van der Waals surface area (Å²) in [6.07, 6.45) is -1.66. The topological polar surface area (TPSA) is 17.1 Å². The van der Waals surface area contributed by atoms with Crippen LogP contribution in [0.4, 0.5) is 17.6 Å². The quantitative estimate of drug-likeness (QED) is 0.291. The van der Waals surface area contributed by atoms with Crippen LogP contribution < -0.4 is 0 Å². The minimum atomic E-state index is -4.58. The lowest BCUT2D eigenvalue weighted by molar-refractivity contribution is -0.137. The lowest BCUT2D eigenvalue weighted by atomic mass is 10.00. The summed E-state index contributed by atoms with van der Waals surface area (Å²) in [4.78, 5) is 10.9. The van der Waals surface area contributed by atoms with Crippen LogP contribution in [0.25, 0.3) is 23.3 Å². The lowest BCUT2D eigenvalue weighted by Gasteiger charge is -2.11. The molecule has 0 fully saturated rings. The van der Waals surface area contributed by atoms with E-state index >= 15 is 0 Å². The Kier molecular flexibility index (Phi) is 5.21. The maximum absolute atomic E-state index is 14.8. The van der Waals surface area contributed by atoms with E-state index in [1.165, 1.54) is 18.2 Å². The first-order valence-electron chi connectivity index (χ1n) is 8.08. The summed E-state index contributed by atoms with van der Waals surface area (Å²) in [6.45, 7) is 0. The Morgan fingerprint density at radius 3 is 2.15 bits per heavy atom.